The van der Waals surface area contributed by atoms with Crippen LogP contribution in [0.25, 0.3) is 0 Å². The summed E-state index contributed by atoms with van der Waals surface area (Å²) in [6, 6.07) is 10.2. The molecule has 1 fully saturated rings. The van der Waals surface area contributed by atoms with Crippen LogP contribution in [0.15, 0.2) is 52.6 Å². The average molecular weight is 571 g/mol. The lowest BCUT2D eigenvalue weighted by Gasteiger charge is -2.35. The van der Waals surface area contributed by atoms with Crippen molar-refractivity contribution in [2.45, 2.75) is 4.90 Å². The van der Waals surface area contributed by atoms with Gasteiger partial charge in [-0.3, -0.25) is 14.3 Å². The zero-order valence-corrected chi connectivity index (χ0v) is 21.7. The predicted molar refractivity (Wildman–Crippen MR) is 139 cm³/mol. The van der Waals surface area contributed by atoms with Crippen LogP contribution < -0.4 is 10.2 Å². The lowest BCUT2D eigenvalue weighted by atomic mass is 10.3. The summed E-state index contributed by atoms with van der Waals surface area (Å²) in [5, 5.41) is 7.48. The summed E-state index contributed by atoms with van der Waals surface area (Å²) in [7, 11) is 5.24. The molecule has 1 aliphatic rings. The molecule has 1 N–H and O–H groups in total. The lowest BCUT2D eigenvalue weighted by Crippen LogP contribution is -2.55. The highest BCUT2D eigenvalue weighted by Crippen LogP contribution is 2.17. The van der Waals surface area contributed by atoms with E-state index < -0.39 is 0 Å². The van der Waals surface area contributed by atoms with Gasteiger partial charge in [-0.05, 0) is 12.1 Å². The molecule has 11 heteroatoms. The molecular formula is C21H30IN7O2S. The molecule has 32 heavy (non-hydrogen) atoms. The number of piperazine rings is 1. The van der Waals surface area contributed by atoms with Crippen molar-refractivity contribution in [2.75, 3.05) is 57.5 Å². The maximum atomic E-state index is 12.8. The van der Waals surface area contributed by atoms with Gasteiger partial charge in [0.25, 0.3) is 0 Å². The van der Waals surface area contributed by atoms with Crippen LogP contribution in [0.2, 0.25) is 0 Å². The normalized spacial score (nSPS) is 14.2. The first-order valence-electron chi connectivity index (χ1n) is 10.1. The van der Waals surface area contributed by atoms with E-state index in [-0.39, 0.29) is 48.9 Å². The molecule has 0 unspecified atom stereocenters. The number of carbonyl (C=O) groups is 2. The molecule has 1 aliphatic heterocycles. The van der Waals surface area contributed by atoms with Crippen LogP contribution in [0, 0.1) is 0 Å². The van der Waals surface area contributed by atoms with Gasteiger partial charge >= 0.3 is 0 Å². The average Bonchev–Trinajstić information content (AvgIpc) is 3.19. The maximum absolute atomic E-state index is 12.8. The highest BCUT2D eigenvalue weighted by atomic mass is 127. The molecule has 1 saturated heterocycles. The van der Waals surface area contributed by atoms with Gasteiger partial charge in [0.15, 0.2) is 5.96 Å². The molecule has 0 atom stereocenters. The minimum Gasteiger partial charge on any atom is -0.355 e. The monoisotopic (exact) mass is 571 g/mol. The molecule has 0 saturated carbocycles. The molecule has 2 aromatic rings. The van der Waals surface area contributed by atoms with Gasteiger partial charge in [-0.15, -0.1) is 35.7 Å². The Morgan fingerprint density at radius 2 is 2.00 bits per heavy atom. The Bertz CT molecular complexity index is 920. The van der Waals surface area contributed by atoms with E-state index >= 15 is 0 Å². The second kappa shape index (κ2) is 12.7. The number of rotatable bonds is 7. The van der Waals surface area contributed by atoms with Crippen molar-refractivity contribution >= 4 is 59.2 Å². The number of aromatic nitrogens is 2. The predicted octanol–water partition coefficient (Wildman–Crippen LogP) is 1.51. The van der Waals surface area contributed by atoms with E-state index in [0.29, 0.717) is 25.6 Å². The number of aliphatic imine (C=N–C) groups is 1. The Labute approximate surface area is 210 Å². The van der Waals surface area contributed by atoms with Crippen LogP contribution in [0.5, 0.6) is 0 Å². The fourth-order valence-corrected chi connectivity index (χ4v) is 3.86. The van der Waals surface area contributed by atoms with E-state index in [0.717, 1.165) is 11.4 Å². The van der Waals surface area contributed by atoms with Crippen molar-refractivity contribution in [3.8, 4) is 0 Å². The van der Waals surface area contributed by atoms with Crippen LogP contribution in [-0.4, -0.2) is 89.9 Å². The highest BCUT2D eigenvalue weighted by Gasteiger charge is 2.28. The van der Waals surface area contributed by atoms with E-state index in [9.17, 15) is 9.59 Å². The summed E-state index contributed by atoms with van der Waals surface area (Å²) in [4.78, 5) is 35.6. The fraction of sp³-hybridized carbons (Fsp3) is 0.429. The van der Waals surface area contributed by atoms with Gasteiger partial charge in [-0.2, -0.15) is 5.10 Å². The first-order valence-corrected chi connectivity index (χ1v) is 11.1. The Kier molecular flexibility index (Phi) is 10.3. The highest BCUT2D eigenvalue weighted by molar-refractivity contribution is 14.0. The molecule has 9 nitrogen and oxygen atoms in total. The number of aryl methyl sites for hydroxylation is 1. The molecular weight excluding hydrogens is 541 g/mol. The zero-order chi connectivity index (χ0) is 22.2. The molecule has 0 bridgehead atoms. The van der Waals surface area contributed by atoms with Gasteiger partial charge < -0.3 is 20.0 Å². The summed E-state index contributed by atoms with van der Waals surface area (Å²) in [5.41, 5.74) is 0.792. The van der Waals surface area contributed by atoms with E-state index in [1.807, 2.05) is 36.3 Å². The Morgan fingerprint density at radius 3 is 2.62 bits per heavy atom. The maximum Gasteiger partial charge on any atom is 0.246 e. The van der Waals surface area contributed by atoms with Crippen molar-refractivity contribution in [1.29, 1.82) is 0 Å². The first-order chi connectivity index (χ1) is 14.9. The number of hydrogen-bond acceptors (Lipinski definition) is 5. The molecule has 1 aromatic carbocycles. The molecule has 1 aromatic heterocycles. The van der Waals surface area contributed by atoms with E-state index in [1.165, 1.54) is 9.80 Å². The smallest absolute Gasteiger partial charge is 0.246 e. The van der Waals surface area contributed by atoms with Gasteiger partial charge in [0.1, 0.15) is 13.1 Å². The number of thioether (sulfide) groups is 1. The fourth-order valence-electron chi connectivity index (χ4n) is 3.07. The van der Waals surface area contributed by atoms with Crippen molar-refractivity contribution in [1.82, 2.24) is 24.9 Å². The topological polar surface area (TPSA) is 86.1 Å². The molecule has 174 valence electrons. The third-order valence-electron chi connectivity index (χ3n) is 4.78. The summed E-state index contributed by atoms with van der Waals surface area (Å²) in [6.07, 6.45) is 3.52. The van der Waals surface area contributed by atoms with Crippen molar-refractivity contribution in [3.63, 3.8) is 0 Å². The number of nitrogens with one attached hydrogen (secondary N) is 1. The molecule has 2 heterocycles. The number of likely N-dealkylation sites (N-methyl/N-ethyl adjacent to an activating group) is 1. The number of nitrogens with zero attached hydrogens (tertiary/aromatic N) is 6. The minimum absolute atomic E-state index is 0. The Morgan fingerprint density at radius 1 is 1.25 bits per heavy atom. The van der Waals surface area contributed by atoms with Crippen molar-refractivity contribution < 1.29 is 9.59 Å². The van der Waals surface area contributed by atoms with E-state index in [2.05, 4.69) is 27.5 Å². The van der Waals surface area contributed by atoms with Gasteiger partial charge in [0.2, 0.25) is 11.8 Å². The third-order valence-corrected chi connectivity index (χ3v) is 5.80. The number of carbonyl (C=O) groups excluding carboxylic acids is 2. The largest absolute Gasteiger partial charge is 0.355 e. The van der Waals surface area contributed by atoms with Crippen LogP contribution in [0.4, 0.5) is 5.69 Å². The second-order valence-electron chi connectivity index (χ2n) is 7.36. The lowest BCUT2D eigenvalue weighted by molar-refractivity contribution is -0.127. The van der Waals surface area contributed by atoms with Gasteiger partial charge in [0.05, 0.1) is 11.9 Å². The molecule has 0 spiro atoms. The molecule has 0 radical (unpaired) electrons. The Balaban J connectivity index is 0.00000363. The number of anilines is 1. The third kappa shape index (κ3) is 7.40. The molecule has 0 aliphatic carbocycles. The minimum atomic E-state index is -0.0849. The SMILES string of the molecule is CN(C)C(=O)CN=C(NCCSc1ccccc1)N1CCN(c2cnn(C)c2)C(=O)C1.I. The number of benzene rings is 1. The van der Waals surface area contributed by atoms with Crippen LogP contribution in [-0.2, 0) is 16.6 Å². The van der Waals surface area contributed by atoms with Crippen LogP contribution >= 0.6 is 35.7 Å². The number of amides is 2. The first kappa shape index (κ1) is 26.0. The van der Waals surface area contributed by atoms with Gasteiger partial charge in [-0.25, -0.2) is 4.99 Å². The summed E-state index contributed by atoms with van der Waals surface area (Å²) < 4.78 is 1.68. The quantitative estimate of drug-likeness (QED) is 0.178. The molecule has 2 amide bonds. The second-order valence-corrected chi connectivity index (χ2v) is 8.52. The van der Waals surface area contributed by atoms with Gasteiger partial charge in [0, 0.05) is 57.6 Å². The number of hydrogen-bond donors (Lipinski definition) is 1. The standard InChI is InChI=1S/C21H29N7O2S.HI/c1-25(2)19(29)14-23-21(22-9-12-31-18-7-5-4-6-8-18)27-10-11-28(20(30)16-27)17-13-24-26(3)15-17;/h4-8,13,15H,9-12,14,16H2,1-3H3,(H,22,23);1H. The summed E-state index contributed by atoms with van der Waals surface area (Å²) >= 11 is 1.74. The summed E-state index contributed by atoms with van der Waals surface area (Å²) in [6.45, 7) is 2.06. The van der Waals surface area contributed by atoms with Crippen molar-refractivity contribution in [3.05, 3.63) is 42.7 Å². The van der Waals surface area contributed by atoms with Crippen molar-refractivity contribution in [2.24, 2.45) is 12.0 Å². The zero-order valence-electron chi connectivity index (χ0n) is 18.6. The van der Waals surface area contributed by atoms with E-state index in [1.54, 1.807) is 41.6 Å². The van der Waals surface area contributed by atoms with Crippen LogP contribution in [0.3, 0.4) is 0 Å². The Hall–Kier alpha value is -2.28. The van der Waals surface area contributed by atoms with Crippen LogP contribution in [0.1, 0.15) is 0 Å². The van der Waals surface area contributed by atoms with E-state index in [4.69, 9.17) is 0 Å². The molecule has 3 rings (SSSR count). The number of halogens is 1. The summed E-state index contributed by atoms with van der Waals surface area (Å²) in [5.74, 6) is 1.32. The number of guanidine groups is 1. The van der Waals surface area contributed by atoms with Gasteiger partial charge in [-0.1, -0.05) is 18.2 Å².